The van der Waals surface area contributed by atoms with E-state index in [2.05, 4.69) is 5.10 Å². The molecule has 1 saturated heterocycles. The van der Waals surface area contributed by atoms with E-state index in [-0.39, 0.29) is 17.8 Å². The average molecular weight is 340 g/mol. The van der Waals surface area contributed by atoms with Crippen molar-refractivity contribution < 1.29 is 14.3 Å². The van der Waals surface area contributed by atoms with Crippen LogP contribution in [0.3, 0.4) is 0 Å². The van der Waals surface area contributed by atoms with Crippen LogP contribution in [0.15, 0.2) is 6.08 Å². The summed E-state index contributed by atoms with van der Waals surface area (Å²) in [6.45, 7) is 5.04. The van der Waals surface area contributed by atoms with Crippen LogP contribution in [0.25, 0.3) is 6.08 Å². The number of carbonyl (C=O) groups excluding carboxylic acids is 2. The van der Waals surface area contributed by atoms with Gasteiger partial charge in [-0.15, -0.1) is 0 Å². The van der Waals surface area contributed by atoms with Crippen molar-refractivity contribution in [2.75, 3.05) is 19.7 Å². The number of amides is 1. The highest BCUT2D eigenvalue weighted by atomic mass is 35.5. The number of hydrogen-bond donors (Lipinski definition) is 0. The Morgan fingerprint density at radius 1 is 1.48 bits per heavy atom. The van der Waals surface area contributed by atoms with Crippen LogP contribution in [0.5, 0.6) is 0 Å². The maximum atomic E-state index is 12.3. The minimum absolute atomic E-state index is 0.127. The quantitative estimate of drug-likeness (QED) is 0.623. The molecular formula is C16H22ClN3O3. The summed E-state index contributed by atoms with van der Waals surface area (Å²) in [6, 6.07) is 0. The molecule has 0 radical (unpaired) electrons. The predicted molar refractivity (Wildman–Crippen MR) is 87.9 cm³/mol. The van der Waals surface area contributed by atoms with Gasteiger partial charge in [-0.05, 0) is 32.8 Å². The Labute approximate surface area is 141 Å². The van der Waals surface area contributed by atoms with E-state index < -0.39 is 0 Å². The van der Waals surface area contributed by atoms with E-state index >= 15 is 0 Å². The highest BCUT2D eigenvalue weighted by Crippen LogP contribution is 2.21. The maximum absolute atomic E-state index is 12.3. The highest BCUT2D eigenvalue weighted by Gasteiger charge is 2.28. The molecular weight excluding hydrogens is 318 g/mol. The van der Waals surface area contributed by atoms with Crippen LogP contribution < -0.4 is 0 Å². The van der Waals surface area contributed by atoms with Crippen molar-refractivity contribution in [3.05, 3.63) is 22.5 Å². The van der Waals surface area contributed by atoms with E-state index in [1.807, 2.05) is 6.92 Å². The van der Waals surface area contributed by atoms with E-state index in [4.69, 9.17) is 16.3 Å². The number of aromatic nitrogens is 2. The summed E-state index contributed by atoms with van der Waals surface area (Å²) in [6.07, 6.45) is 4.74. The first kappa shape index (κ1) is 17.5. The van der Waals surface area contributed by atoms with E-state index in [9.17, 15) is 9.59 Å². The third kappa shape index (κ3) is 4.13. The molecule has 1 aromatic rings. The number of halogens is 1. The lowest BCUT2D eigenvalue weighted by Gasteiger charge is -2.30. The smallest absolute Gasteiger partial charge is 0.310 e. The van der Waals surface area contributed by atoms with Crippen LogP contribution >= 0.6 is 11.6 Å². The molecule has 6 nitrogen and oxygen atoms in total. The lowest BCUT2D eigenvalue weighted by molar-refractivity contribution is -0.150. The number of piperidine rings is 1. The Morgan fingerprint density at radius 3 is 2.83 bits per heavy atom. The SMILES string of the molecule is CCOC(=O)C1CCCN(C(=O)C=Cc2c(C)nn(C)c2Cl)C1. The fourth-order valence-corrected chi connectivity index (χ4v) is 2.96. The van der Waals surface area contributed by atoms with Gasteiger partial charge in [0.25, 0.3) is 0 Å². The van der Waals surface area contributed by atoms with Gasteiger partial charge in [0.2, 0.25) is 5.91 Å². The van der Waals surface area contributed by atoms with Gasteiger partial charge in [0.05, 0.1) is 18.2 Å². The van der Waals surface area contributed by atoms with Gasteiger partial charge in [-0.2, -0.15) is 5.10 Å². The van der Waals surface area contributed by atoms with Crippen molar-refractivity contribution in [1.29, 1.82) is 0 Å². The molecule has 1 aromatic heterocycles. The van der Waals surface area contributed by atoms with Crippen LogP contribution in [0, 0.1) is 12.8 Å². The molecule has 2 heterocycles. The van der Waals surface area contributed by atoms with E-state index in [1.165, 1.54) is 6.08 Å². The van der Waals surface area contributed by atoms with Gasteiger partial charge in [0.15, 0.2) is 0 Å². The number of esters is 1. The average Bonchev–Trinajstić information content (AvgIpc) is 2.78. The van der Waals surface area contributed by atoms with Crippen molar-refractivity contribution in [1.82, 2.24) is 14.7 Å². The summed E-state index contributed by atoms with van der Waals surface area (Å²) in [5.41, 5.74) is 1.51. The summed E-state index contributed by atoms with van der Waals surface area (Å²) < 4.78 is 6.62. The summed E-state index contributed by atoms with van der Waals surface area (Å²) >= 11 is 6.15. The largest absolute Gasteiger partial charge is 0.466 e. The number of likely N-dealkylation sites (tertiary alicyclic amines) is 1. The number of carbonyl (C=O) groups is 2. The second-order valence-electron chi connectivity index (χ2n) is 5.62. The molecule has 1 aliphatic rings. The van der Waals surface area contributed by atoms with Gasteiger partial charge in [-0.3, -0.25) is 14.3 Å². The van der Waals surface area contributed by atoms with Crippen molar-refractivity contribution in [3.8, 4) is 0 Å². The summed E-state index contributed by atoms with van der Waals surface area (Å²) in [7, 11) is 1.75. The van der Waals surface area contributed by atoms with Crippen molar-refractivity contribution in [2.45, 2.75) is 26.7 Å². The monoisotopic (exact) mass is 339 g/mol. The summed E-state index contributed by atoms with van der Waals surface area (Å²) in [5, 5.41) is 4.70. The zero-order chi connectivity index (χ0) is 17.0. The first-order chi connectivity index (χ1) is 10.9. The van der Waals surface area contributed by atoms with Gasteiger partial charge in [0.1, 0.15) is 5.15 Å². The summed E-state index contributed by atoms with van der Waals surface area (Å²) in [5.74, 6) is -0.580. The second kappa shape index (κ2) is 7.64. The number of rotatable bonds is 4. The first-order valence-electron chi connectivity index (χ1n) is 7.76. The Morgan fingerprint density at radius 2 is 2.22 bits per heavy atom. The number of ether oxygens (including phenoxy) is 1. The number of aryl methyl sites for hydroxylation is 2. The van der Waals surface area contributed by atoms with Crippen LogP contribution in [0.4, 0.5) is 0 Å². The molecule has 0 bridgehead atoms. The fourth-order valence-electron chi connectivity index (χ4n) is 2.73. The van der Waals surface area contributed by atoms with Gasteiger partial charge in [-0.25, -0.2) is 0 Å². The standard InChI is InChI=1S/C16H22ClN3O3/c1-4-23-16(22)12-6-5-9-20(10-12)14(21)8-7-13-11(2)18-19(3)15(13)17/h7-8,12H,4-6,9-10H2,1-3H3. The van der Waals surface area contributed by atoms with Gasteiger partial charge in [-0.1, -0.05) is 11.6 Å². The Bertz CT molecular complexity index is 624. The third-order valence-corrected chi connectivity index (χ3v) is 4.39. The van der Waals surface area contributed by atoms with Gasteiger partial charge >= 0.3 is 5.97 Å². The van der Waals surface area contributed by atoms with E-state index in [1.54, 1.807) is 29.6 Å². The van der Waals surface area contributed by atoms with Crippen molar-refractivity contribution in [3.63, 3.8) is 0 Å². The first-order valence-corrected chi connectivity index (χ1v) is 8.14. The summed E-state index contributed by atoms with van der Waals surface area (Å²) in [4.78, 5) is 25.9. The molecule has 23 heavy (non-hydrogen) atoms. The lowest BCUT2D eigenvalue weighted by atomic mass is 9.98. The van der Waals surface area contributed by atoms with Crippen molar-refractivity contribution in [2.24, 2.45) is 13.0 Å². The molecule has 2 rings (SSSR count). The predicted octanol–water partition coefficient (Wildman–Crippen LogP) is 2.20. The molecule has 0 saturated carbocycles. The fraction of sp³-hybridized carbons (Fsp3) is 0.562. The minimum Gasteiger partial charge on any atom is -0.466 e. The molecule has 0 aliphatic carbocycles. The molecule has 1 fully saturated rings. The minimum atomic E-state index is -0.232. The molecule has 0 aromatic carbocycles. The van der Waals surface area contributed by atoms with Crippen LogP contribution in [0.2, 0.25) is 5.15 Å². The van der Waals surface area contributed by atoms with Gasteiger partial charge in [0, 0.05) is 31.8 Å². The second-order valence-corrected chi connectivity index (χ2v) is 5.98. The van der Waals surface area contributed by atoms with Crippen LogP contribution in [-0.2, 0) is 21.4 Å². The molecule has 1 aliphatic heterocycles. The number of hydrogen-bond acceptors (Lipinski definition) is 4. The molecule has 0 N–H and O–H groups in total. The molecule has 1 amide bonds. The van der Waals surface area contributed by atoms with Crippen LogP contribution in [-0.4, -0.2) is 46.3 Å². The Kier molecular flexibility index (Phi) is 5.82. The highest BCUT2D eigenvalue weighted by molar-refractivity contribution is 6.31. The Hall–Kier alpha value is -1.82. The lowest BCUT2D eigenvalue weighted by Crippen LogP contribution is -2.42. The Balaban J connectivity index is 2.02. The maximum Gasteiger partial charge on any atom is 0.310 e. The zero-order valence-corrected chi connectivity index (χ0v) is 14.5. The molecule has 1 atom stereocenters. The zero-order valence-electron chi connectivity index (χ0n) is 13.7. The molecule has 0 spiro atoms. The number of nitrogens with zero attached hydrogens (tertiary/aromatic N) is 3. The van der Waals surface area contributed by atoms with E-state index in [0.29, 0.717) is 24.8 Å². The normalized spacial score (nSPS) is 18.4. The molecule has 126 valence electrons. The van der Waals surface area contributed by atoms with Crippen molar-refractivity contribution >= 4 is 29.6 Å². The van der Waals surface area contributed by atoms with Crippen LogP contribution in [0.1, 0.15) is 31.0 Å². The van der Waals surface area contributed by atoms with E-state index in [0.717, 1.165) is 24.1 Å². The van der Waals surface area contributed by atoms with Gasteiger partial charge < -0.3 is 9.64 Å². The molecule has 7 heteroatoms. The third-order valence-electron chi connectivity index (χ3n) is 3.94. The molecule has 1 unspecified atom stereocenters. The topological polar surface area (TPSA) is 64.4 Å².